The minimum absolute atomic E-state index is 0.0648. The molecule has 0 spiro atoms. The molecule has 1 N–H and O–H groups in total. The van der Waals surface area contributed by atoms with Crippen LogP contribution in [0.25, 0.3) is 0 Å². The molecule has 3 aromatic rings. The highest BCUT2D eigenvalue weighted by atomic mass is 79.9. The monoisotopic (exact) mass is 508 g/mol. The molecule has 7 nitrogen and oxygen atoms in total. The van der Waals surface area contributed by atoms with Crippen LogP contribution in [-0.4, -0.2) is 21.7 Å². The molecule has 0 fully saturated rings. The van der Waals surface area contributed by atoms with Crippen molar-refractivity contribution in [3.05, 3.63) is 103 Å². The van der Waals surface area contributed by atoms with Crippen LogP contribution in [0, 0.1) is 24.0 Å². The average Bonchev–Trinajstić information content (AvgIpc) is 2.97. The van der Waals surface area contributed by atoms with E-state index in [0.29, 0.717) is 15.7 Å². The maximum atomic E-state index is 13.5. The van der Waals surface area contributed by atoms with Gasteiger partial charge in [0.25, 0.3) is 11.6 Å². The van der Waals surface area contributed by atoms with Crippen molar-refractivity contribution >= 4 is 39.0 Å². The van der Waals surface area contributed by atoms with Gasteiger partial charge in [0.1, 0.15) is 0 Å². The Morgan fingerprint density at radius 3 is 2.61 bits per heavy atom. The number of benzene rings is 3. The second-order valence-corrected chi connectivity index (χ2v) is 9.17. The van der Waals surface area contributed by atoms with Gasteiger partial charge in [0.2, 0.25) is 0 Å². The highest BCUT2D eigenvalue weighted by molar-refractivity contribution is 9.10. The Labute approximate surface area is 198 Å². The fourth-order valence-corrected chi connectivity index (χ4v) is 4.48. The molecule has 1 amide bonds. The van der Waals surface area contributed by atoms with Gasteiger partial charge in [-0.05, 0) is 43.2 Å². The lowest BCUT2D eigenvalue weighted by Crippen LogP contribution is -2.41. The zero-order chi connectivity index (χ0) is 23.9. The Morgan fingerprint density at radius 2 is 1.88 bits per heavy atom. The molecular formula is C25H21BrN2O5. The van der Waals surface area contributed by atoms with Gasteiger partial charge < -0.3 is 10.0 Å². The van der Waals surface area contributed by atoms with Gasteiger partial charge in [0.05, 0.1) is 23.6 Å². The SMILES string of the molecule is Cc1ccc(C)c(CN2C(=O)[C@@](O)(CC(=O)c3cccc([N+](=O)[O-])c3)c3cc(Br)ccc32)c1. The molecule has 1 aliphatic heterocycles. The lowest BCUT2D eigenvalue weighted by Gasteiger charge is -2.23. The summed E-state index contributed by atoms with van der Waals surface area (Å²) in [7, 11) is 0. The van der Waals surface area contributed by atoms with Crippen LogP contribution in [0.2, 0.25) is 0 Å². The summed E-state index contributed by atoms with van der Waals surface area (Å²) < 4.78 is 0.656. The number of non-ortho nitro benzene ring substituents is 1. The van der Waals surface area contributed by atoms with Crippen LogP contribution in [0.4, 0.5) is 11.4 Å². The summed E-state index contributed by atoms with van der Waals surface area (Å²) in [5.41, 5.74) is 1.60. The number of fused-ring (bicyclic) bond motifs is 1. The van der Waals surface area contributed by atoms with Gasteiger partial charge in [-0.1, -0.05) is 51.8 Å². The Morgan fingerprint density at radius 1 is 1.12 bits per heavy atom. The molecule has 0 aliphatic carbocycles. The molecule has 4 rings (SSSR count). The number of halogens is 1. The first kappa shape index (κ1) is 22.8. The summed E-state index contributed by atoms with van der Waals surface area (Å²) in [6.45, 7) is 4.16. The van der Waals surface area contributed by atoms with Gasteiger partial charge in [0.15, 0.2) is 11.4 Å². The van der Waals surface area contributed by atoms with E-state index < -0.39 is 28.6 Å². The smallest absolute Gasteiger partial charge is 0.270 e. The van der Waals surface area contributed by atoms with Gasteiger partial charge in [-0.25, -0.2) is 0 Å². The summed E-state index contributed by atoms with van der Waals surface area (Å²) in [4.78, 5) is 38.5. The van der Waals surface area contributed by atoms with E-state index in [0.717, 1.165) is 22.8 Å². The van der Waals surface area contributed by atoms with Crippen LogP contribution in [0.1, 0.15) is 39.0 Å². The molecule has 33 heavy (non-hydrogen) atoms. The molecule has 0 unspecified atom stereocenters. The lowest BCUT2D eigenvalue weighted by molar-refractivity contribution is -0.384. The fraction of sp³-hybridized carbons (Fsp3) is 0.200. The number of ketones is 1. The molecule has 0 bridgehead atoms. The minimum atomic E-state index is -2.08. The number of aryl methyl sites for hydroxylation is 2. The third kappa shape index (κ3) is 4.19. The Hall–Kier alpha value is -3.36. The fourth-order valence-electron chi connectivity index (χ4n) is 4.12. The van der Waals surface area contributed by atoms with Gasteiger partial charge in [-0.3, -0.25) is 19.7 Å². The van der Waals surface area contributed by atoms with Crippen molar-refractivity contribution in [3.63, 3.8) is 0 Å². The standard InChI is InChI=1S/C25H21BrN2O5/c1-15-6-7-16(2)18(10-15)14-27-22-9-8-19(26)12-21(22)25(31,24(27)30)13-23(29)17-4-3-5-20(11-17)28(32)33/h3-12,31H,13-14H2,1-2H3/t25-/m1/s1. The number of nitrogens with zero attached hydrogens (tertiary/aromatic N) is 2. The van der Waals surface area contributed by atoms with E-state index in [9.17, 15) is 24.8 Å². The minimum Gasteiger partial charge on any atom is -0.375 e. The number of rotatable bonds is 6. The second-order valence-electron chi connectivity index (χ2n) is 8.25. The number of anilines is 1. The molecule has 168 valence electrons. The average molecular weight is 509 g/mol. The molecule has 1 heterocycles. The van der Waals surface area contributed by atoms with Crippen molar-refractivity contribution in [2.24, 2.45) is 0 Å². The Kier molecular flexibility index (Phi) is 5.90. The van der Waals surface area contributed by atoms with Crippen molar-refractivity contribution in [1.29, 1.82) is 0 Å². The van der Waals surface area contributed by atoms with E-state index in [1.807, 2.05) is 32.0 Å². The third-order valence-electron chi connectivity index (χ3n) is 5.92. The second kappa shape index (κ2) is 8.53. The molecule has 1 aliphatic rings. The molecule has 3 aromatic carbocycles. The van der Waals surface area contributed by atoms with Crippen molar-refractivity contribution < 1.29 is 19.6 Å². The van der Waals surface area contributed by atoms with Crippen LogP contribution in [-0.2, 0) is 16.9 Å². The molecule has 1 atom stereocenters. The first-order valence-corrected chi connectivity index (χ1v) is 11.1. The maximum absolute atomic E-state index is 13.5. The summed E-state index contributed by atoms with van der Waals surface area (Å²) in [6, 6.07) is 16.4. The number of Topliss-reactive ketones (excluding diaryl/α,β-unsaturated/α-hetero) is 1. The van der Waals surface area contributed by atoms with Crippen molar-refractivity contribution in [2.75, 3.05) is 4.90 Å². The van der Waals surface area contributed by atoms with Gasteiger partial charge >= 0.3 is 0 Å². The largest absolute Gasteiger partial charge is 0.375 e. The van der Waals surface area contributed by atoms with Gasteiger partial charge in [0, 0.05) is 27.7 Å². The van der Waals surface area contributed by atoms with E-state index in [4.69, 9.17) is 0 Å². The third-order valence-corrected chi connectivity index (χ3v) is 6.42. The normalized spacial score (nSPS) is 17.2. The quantitative estimate of drug-likeness (QED) is 0.287. The van der Waals surface area contributed by atoms with Crippen molar-refractivity contribution in [1.82, 2.24) is 0 Å². The summed E-state index contributed by atoms with van der Waals surface area (Å²) >= 11 is 3.38. The highest BCUT2D eigenvalue weighted by Crippen LogP contribution is 2.45. The lowest BCUT2D eigenvalue weighted by atomic mass is 9.88. The van der Waals surface area contributed by atoms with Crippen LogP contribution < -0.4 is 4.90 Å². The van der Waals surface area contributed by atoms with Crippen LogP contribution in [0.15, 0.2) is 65.1 Å². The zero-order valence-electron chi connectivity index (χ0n) is 18.0. The van der Waals surface area contributed by atoms with Crippen LogP contribution >= 0.6 is 15.9 Å². The van der Waals surface area contributed by atoms with Gasteiger partial charge in [-0.2, -0.15) is 0 Å². The van der Waals surface area contributed by atoms with Crippen molar-refractivity contribution in [2.45, 2.75) is 32.4 Å². The summed E-state index contributed by atoms with van der Waals surface area (Å²) in [5, 5.41) is 22.6. The Bertz CT molecular complexity index is 1310. The number of carbonyl (C=O) groups excluding carboxylic acids is 2. The van der Waals surface area contributed by atoms with E-state index in [1.165, 1.54) is 23.1 Å². The number of nitro groups is 1. The molecule has 0 radical (unpaired) electrons. The topological polar surface area (TPSA) is 101 Å². The predicted molar refractivity (Wildman–Crippen MR) is 127 cm³/mol. The zero-order valence-corrected chi connectivity index (χ0v) is 19.6. The molecule has 0 saturated heterocycles. The van der Waals surface area contributed by atoms with Gasteiger partial charge in [-0.15, -0.1) is 0 Å². The Balaban J connectivity index is 1.72. The summed E-state index contributed by atoms with van der Waals surface area (Å²) in [5.74, 6) is -1.16. The maximum Gasteiger partial charge on any atom is 0.270 e. The highest BCUT2D eigenvalue weighted by Gasteiger charge is 2.51. The molecular weight excluding hydrogens is 488 g/mol. The van der Waals surface area contributed by atoms with E-state index >= 15 is 0 Å². The molecule has 0 saturated carbocycles. The van der Waals surface area contributed by atoms with E-state index in [1.54, 1.807) is 18.2 Å². The number of hydrogen-bond donors (Lipinski definition) is 1. The van der Waals surface area contributed by atoms with Crippen LogP contribution in [0.5, 0.6) is 0 Å². The number of carbonyl (C=O) groups is 2. The van der Waals surface area contributed by atoms with Crippen molar-refractivity contribution in [3.8, 4) is 0 Å². The number of amides is 1. The number of aliphatic hydroxyl groups is 1. The van der Waals surface area contributed by atoms with E-state index in [-0.39, 0.29) is 17.8 Å². The van der Waals surface area contributed by atoms with E-state index in [2.05, 4.69) is 15.9 Å². The number of nitro benzene ring substituents is 1. The first-order valence-electron chi connectivity index (χ1n) is 10.3. The first-order chi connectivity index (χ1) is 15.6. The molecule has 0 aromatic heterocycles. The van der Waals surface area contributed by atoms with Crippen LogP contribution in [0.3, 0.4) is 0 Å². The predicted octanol–water partition coefficient (Wildman–Crippen LogP) is 4.98. The number of hydrogen-bond acceptors (Lipinski definition) is 5. The summed E-state index contributed by atoms with van der Waals surface area (Å²) in [6.07, 6.45) is -0.528. The molecule has 8 heteroatoms.